The number of nitrogens with zero attached hydrogens (tertiary/aromatic N) is 2. The minimum absolute atomic E-state index is 0.0623. The van der Waals surface area contributed by atoms with Gasteiger partial charge in [-0.25, -0.2) is 9.37 Å². The third-order valence-electron chi connectivity index (χ3n) is 5.06. The lowest BCUT2D eigenvalue weighted by Gasteiger charge is -2.14. The van der Waals surface area contributed by atoms with E-state index in [1.54, 1.807) is 0 Å². The van der Waals surface area contributed by atoms with Crippen molar-refractivity contribution in [3.05, 3.63) is 87.1 Å². The number of hydrogen-bond acceptors (Lipinski definition) is 6. The smallest absolute Gasteiger partial charge is 0.297 e. The maximum Gasteiger partial charge on any atom is 0.297 e. The summed E-state index contributed by atoms with van der Waals surface area (Å²) in [5.41, 5.74) is 0.822. The molecule has 0 spiro atoms. The van der Waals surface area contributed by atoms with Crippen LogP contribution < -0.4 is 20.9 Å². The number of aromatic nitrogens is 2. The Bertz CT molecular complexity index is 1260. The standard InChI is InChI=1S/C23H21FN4O4S/c1-25-20(29)17-11-16(24)8-7-15(17)12-26-21(30)18-19(32-13-14-5-3-2-4-6-14)22(31)28-9-10-33-23(28)27-18/h2-8,11H,9-10,12-13H2,1H3,(H,25,29)(H,26,30). The van der Waals surface area contributed by atoms with Crippen LogP contribution in [-0.4, -0.2) is 34.2 Å². The van der Waals surface area contributed by atoms with Gasteiger partial charge in [-0.2, -0.15) is 0 Å². The molecule has 0 atom stereocenters. The number of carbonyl (C=O) groups is 2. The molecule has 3 aromatic rings. The first kappa shape index (κ1) is 22.5. The van der Waals surface area contributed by atoms with Gasteiger partial charge in [-0.3, -0.25) is 19.0 Å². The number of carbonyl (C=O) groups excluding carboxylic acids is 2. The predicted octanol–water partition coefficient (Wildman–Crippen LogP) is 2.36. The molecule has 2 N–H and O–H groups in total. The summed E-state index contributed by atoms with van der Waals surface area (Å²) >= 11 is 1.38. The topological polar surface area (TPSA) is 102 Å². The maximum absolute atomic E-state index is 13.6. The zero-order valence-electron chi connectivity index (χ0n) is 17.8. The number of thioether (sulfide) groups is 1. The monoisotopic (exact) mass is 468 g/mol. The summed E-state index contributed by atoms with van der Waals surface area (Å²) in [5.74, 6) is -1.12. The summed E-state index contributed by atoms with van der Waals surface area (Å²) in [6.07, 6.45) is 0. The van der Waals surface area contributed by atoms with Crippen molar-refractivity contribution in [1.29, 1.82) is 0 Å². The average Bonchev–Trinajstić information content (AvgIpc) is 3.31. The number of halogens is 1. The van der Waals surface area contributed by atoms with Gasteiger partial charge in [-0.15, -0.1) is 0 Å². The highest BCUT2D eigenvalue weighted by atomic mass is 32.2. The average molecular weight is 469 g/mol. The van der Waals surface area contributed by atoms with Crippen molar-refractivity contribution < 1.29 is 18.7 Å². The Morgan fingerprint density at radius 1 is 1.18 bits per heavy atom. The van der Waals surface area contributed by atoms with E-state index in [2.05, 4.69) is 15.6 Å². The zero-order valence-corrected chi connectivity index (χ0v) is 18.6. The van der Waals surface area contributed by atoms with E-state index in [0.717, 1.165) is 11.6 Å². The molecule has 0 bridgehead atoms. The molecule has 33 heavy (non-hydrogen) atoms. The molecule has 0 saturated heterocycles. The van der Waals surface area contributed by atoms with Crippen LogP contribution in [0.1, 0.15) is 32.0 Å². The molecule has 0 fully saturated rings. The normalized spacial score (nSPS) is 12.2. The van der Waals surface area contributed by atoms with Gasteiger partial charge in [0.15, 0.2) is 10.9 Å². The van der Waals surface area contributed by atoms with Gasteiger partial charge in [-0.1, -0.05) is 48.2 Å². The molecule has 0 saturated carbocycles. The molecule has 2 amide bonds. The van der Waals surface area contributed by atoms with E-state index in [9.17, 15) is 18.8 Å². The van der Waals surface area contributed by atoms with Gasteiger partial charge in [0.2, 0.25) is 5.75 Å². The van der Waals surface area contributed by atoms with E-state index in [1.807, 2.05) is 30.3 Å². The molecular weight excluding hydrogens is 447 g/mol. The van der Waals surface area contributed by atoms with Crippen LogP contribution in [0.25, 0.3) is 0 Å². The van der Waals surface area contributed by atoms with Crippen LogP contribution in [-0.2, 0) is 19.7 Å². The Hall–Kier alpha value is -3.66. The number of nitrogens with one attached hydrogen (secondary N) is 2. The van der Waals surface area contributed by atoms with Crippen LogP contribution in [0.5, 0.6) is 5.75 Å². The van der Waals surface area contributed by atoms with Gasteiger partial charge < -0.3 is 15.4 Å². The van der Waals surface area contributed by atoms with E-state index < -0.39 is 23.2 Å². The molecule has 1 aromatic heterocycles. The Morgan fingerprint density at radius 3 is 2.73 bits per heavy atom. The molecule has 8 nitrogen and oxygen atoms in total. The van der Waals surface area contributed by atoms with E-state index in [-0.39, 0.29) is 30.2 Å². The summed E-state index contributed by atoms with van der Waals surface area (Å²) in [6, 6.07) is 13.0. The number of amides is 2. The number of fused-ring (bicyclic) bond motifs is 1. The van der Waals surface area contributed by atoms with Crippen molar-refractivity contribution in [3.8, 4) is 5.75 Å². The number of benzene rings is 2. The van der Waals surface area contributed by atoms with Crippen molar-refractivity contribution in [2.75, 3.05) is 12.8 Å². The van der Waals surface area contributed by atoms with Gasteiger partial charge in [0, 0.05) is 31.5 Å². The van der Waals surface area contributed by atoms with Crippen molar-refractivity contribution in [2.24, 2.45) is 0 Å². The van der Waals surface area contributed by atoms with Crippen LogP contribution in [0, 0.1) is 5.82 Å². The predicted molar refractivity (Wildman–Crippen MR) is 121 cm³/mol. The minimum Gasteiger partial charge on any atom is -0.481 e. The lowest BCUT2D eigenvalue weighted by Crippen LogP contribution is -2.31. The lowest BCUT2D eigenvalue weighted by atomic mass is 10.1. The summed E-state index contributed by atoms with van der Waals surface area (Å²) in [7, 11) is 1.44. The highest BCUT2D eigenvalue weighted by Crippen LogP contribution is 2.25. The molecule has 4 rings (SSSR count). The minimum atomic E-state index is -0.627. The summed E-state index contributed by atoms with van der Waals surface area (Å²) in [4.78, 5) is 42.5. The maximum atomic E-state index is 13.6. The second-order valence-corrected chi connectivity index (χ2v) is 8.28. The molecule has 0 unspecified atom stereocenters. The van der Waals surface area contributed by atoms with Crippen LogP contribution in [0.2, 0.25) is 0 Å². The van der Waals surface area contributed by atoms with Crippen molar-refractivity contribution >= 4 is 23.6 Å². The first-order valence-corrected chi connectivity index (χ1v) is 11.2. The Labute approximate surface area is 193 Å². The Morgan fingerprint density at radius 2 is 1.97 bits per heavy atom. The van der Waals surface area contributed by atoms with Gasteiger partial charge in [0.05, 0.1) is 0 Å². The van der Waals surface area contributed by atoms with Crippen LogP contribution in [0.15, 0.2) is 58.5 Å². The first-order valence-electron chi connectivity index (χ1n) is 10.2. The molecule has 10 heteroatoms. The van der Waals surface area contributed by atoms with E-state index in [0.29, 0.717) is 23.0 Å². The summed E-state index contributed by atoms with van der Waals surface area (Å²) in [5, 5.41) is 5.57. The van der Waals surface area contributed by atoms with Gasteiger partial charge >= 0.3 is 0 Å². The van der Waals surface area contributed by atoms with Crippen LogP contribution in [0.3, 0.4) is 0 Å². The highest BCUT2D eigenvalue weighted by Gasteiger charge is 2.26. The van der Waals surface area contributed by atoms with Gasteiger partial charge in [0.1, 0.15) is 12.4 Å². The van der Waals surface area contributed by atoms with E-state index in [4.69, 9.17) is 4.74 Å². The summed E-state index contributed by atoms with van der Waals surface area (Å²) < 4.78 is 20.9. The van der Waals surface area contributed by atoms with Crippen molar-refractivity contribution in [2.45, 2.75) is 24.9 Å². The first-order chi connectivity index (χ1) is 16.0. The Balaban J connectivity index is 1.60. The zero-order chi connectivity index (χ0) is 23.4. The molecule has 2 heterocycles. The number of ether oxygens (including phenoxy) is 1. The van der Waals surface area contributed by atoms with E-state index in [1.165, 1.54) is 35.5 Å². The largest absolute Gasteiger partial charge is 0.481 e. The molecule has 170 valence electrons. The quantitative estimate of drug-likeness (QED) is 0.516. The fourth-order valence-electron chi connectivity index (χ4n) is 3.37. The fraction of sp³-hybridized carbons (Fsp3) is 0.217. The Kier molecular flexibility index (Phi) is 6.74. The van der Waals surface area contributed by atoms with Crippen molar-refractivity contribution in [3.63, 3.8) is 0 Å². The molecule has 2 aromatic carbocycles. The van der Waals surface area contributed by atoms with Crippen LogP contribution >= 0.6 is 11.8 Å². The number of hydrogen-bond donors (Lipinski definition) is 2. The summed E-state index contributed by atoms with van der Waals surface area (Å²) in [6.45, 7) is 0.525. The third-order valence-corrected chi connectivity index (χ3v) is 6.02. The molecule has 1 aliphatic rings. The highest BCUT2D eigenvalue weighted by molar-refractivity contribution is 7.99. The SMILES string of the molecule is CNC(=O)c1cc(F)ccc1CNC(=O)c1nc2n(c(=O)c1OCc1ccccc1)CCS2. The fourth-order valence-corrected chi connectivity index (χ4v) is 4.32. The second kappa shape index (κ2) is 9.86. The van der Waals surface area contributed by atoms with Gasteiger partial charge in [0.25, 0.3) is 17.4 Å². The van der Waals surface area contributed by atoms with Crippen molar-refractivity contribution in [1.82, 2.24) is 20.2 Å². The van der Waals surface area contributed by atoms with Gasteiger partial charge in [-0.05, 0) is 23.3 Å². The third kappa shape index (κ3) is 4.90. The molecule has 0 aliphatic carbocycles. The van der Waals surface area contributed by atoms with Crippen LogP contribution in [0.4, 0.5) is 4.39 Å². The lowest BCUT2D eigenvalue weighted by molar-refractivity contribution is 0.0930. The molecular formula is C23H21FN4O4S. The molecule has 0 radical (unpaired) electrons. The van der Waals surface area contributed by atoms with E-state index >= 15 is 0 Å². The molecule has 1 aliphatic heterocycles. The number of rotatable bonds is 7. The second-order valence-electron chi connectivity index (χ2n) is 7.21.